The summed E-state index contributed by atoms with van der Waals surface area (Å²) in [7, 11) is 0. The minimum atomic E-state index is -4.04. The van der Waals surface area contributed by atoms with Crippen LogP contribution in [0.5, 0.6) is 0 Å². The summed E-state index contributed by atoms with van der Waals surface area (Å²) in [6.45, 7) is 0. The second-order valence-electron chi connectivity index (χ2n) is 1.85. The molecule has 80 valence electrons. The van der Waals surface area contributed by atoms with Crippen LogP contribution in [0.15, 0.2) is 0 Å². The third-order valence-corrected chi connectivity index (χ3v) is 1.73. The third kappa shape index (κ3) is 5.44. The van der Waals surface area contributed by atoms with Gasteiger partial charge in [0.2, 0.25) is 0 Å². The molecule has 2 unspecified atom stereocenters. The van der Waals surface area contributed by atoms with E-state index in [2.05, 4.69) is 4.74 Å². The van der Waals surface area contributed by atoms with Crippen LogP contribution in [-0.2, 0) is 4.74 Å². The van der Waals surface area contributed by atoms with Crippen LogP contribution in [0.2, 0.25) is 0 Å². The van der Waals surface area contributed by atoms with Crippen LogP contribution in [0.1, 0.15) is 0 Å². The highest BCUT2D eigenvalue weighted by molar-refractivity contribution is 14.1. The van der Waals surface area contributed by atoms with Gasteiger partial charge in [0, 0.05) is 45.2 Å². The molecule has 0 heterocycles. The van der Waals surface area contributed by atoms with E-state index in [1.807, 2.05) is 0 Å². The van der Waals surface area contributed by atoms with Crippen molar-refractivity contribution in [1.82, 2.24) is 0 Å². The van der Waals surface area contributed by atoms with E-state index >= 15 is 0 Å². The average Bonchev–Trinajstić information content (AvgIpc) is 1.82. The molecule has 0 fully saturated rings. The Bertz CT molecular complexity index is 147. The zero-order valence-electron chi connectivity index (χ0n) is 5.59. The second-order valence-corrected chi connectivity index (χ2v) is 4.73. The van der Waals surface area contributed by atoms with Gasteiger partial charge in [0.1, 0.15) is 0 Å². The molecule has 0 rings (SSSR count). The lowest BCUT2D eigenvalue weighted by Crippen LogP contribution is -2.35. The van der Waals surface area contributed by atoms with E-state index in [0.717, 1.165) is 0 Å². The van der Waals surface area contributed by atoms with E-state index in [-0.39, 0.29) is 0 Å². The number of hydrogen-bond donors (Lipinski definition) is 0. The third-order valence-electron chi connectivity index (χ3n) is 0.754. The monoisotopic (exact) mass is 434 g/mol. The van der Waals surface area contributed by atoms with Crippen LogP contribution in [0.3, 0.4) is 0 Å². The fourth-order valence-corrected chi connectivity index (χ4v) is 0.553. The van der Waals surface area contributed by atoms with Crippen molar-refractivity contribution in [1.29, 1.82) is 0 Å². The highest BCUT2D eigenvalue weighted by Crippen LogP contribution is 2.36. The van der Waals surface area contributed by atoms with Crippen LogP contribution >= 0.6 is 45.2 Å². The van der Waals surface area contributed by atoms with E-state index < -0.39 is 20.6 Å². The lowest BCUT2D eigenvalue weighted by atomic mass is 10.6. The second kappa shape index (κ2) is 4.68. The van der Waals surface area contributed by atoms with Gasteiger partial charge >= 0.3 is 7.86 Å². The summed E-state index contributed by atoms with van der Waals surface area (Å²) in [4.78, 5) is 0. The van der Waals surface area contributed by atoms with Crippen molar-refractivity contribution in [2.24, 2.45) is 0 Å². The van der Waals surface area contributed by atoms with Crippen molar-refractivity contribution in [2.75, 3.05) is 0 Å². The number of rotatable bonds is 4. The molecule has 0 aromatic carbocycles. The summed E-state index contributed by atoms with van der Waals surface area (Å²) in [5.41, 5.74) is 0. The summed E-state index contributed by atoms with van der Waals surface area (Å²) in [6.07, 6.45) is -6.80. The van der Waals surface area contributed by atoms with Crippen molar-refractivity contribution >= 4 is 45.2 Å². The molecule has 0 bridgehead atoms. The largest absolute Gasteiger partial charge is 0.350 e. The van der Waals surface area contributed by atoms with Gasteiger partial charge in [-0.2, -0.15) is 17.6 Å². The van der Waals surface area contributed by atoms with Crippen molar-refractivity contribution in [3.8, 4) is 0 Å². The first-order valence-corrected chi connectivity index (χ1v) is 4.78. The molecule has 0 saturated heterocycles. The Hall–Kier alpha value is 1.00. The molecule has 2 atom stereocenters. The maximum atomic E-state index is 12.1. The van der Waals surface area contributed by atoms with Crippen molar-refractivity contribution in [3.63, 3.8) is 0 Å². The molecule has 0 spiro atoms. The zero-order valence-corrected chi connectivity index (χ0v) is 9.90. The Morgan fingerprint density at radius 1 is 0.846 bits per heavy atom. The Morgan fingerprint density at radius 2 is 1.08 bits per heavy atom. The minimum Gasteiger partial charge on any atom is -0.302 e. The van der Waals surface area contributed by atoms with E-state index in [1.165, 1.54) is 0 Å². The maximum absolute atomic E-state index is 12.1. The lowest BCUT2D eigenvalue weighted by Gasteiger charge is -2.19. The SMILES string of the molecule is FC(OC(F)C(F)(F)I)C(F)(F)I. The highest BCUT2D eigenvalue weighted by atomic mass is 127. The van der Waals surface area contributed by atoms with Gasteiger partial charge in [-0.05, 0) is 0 Å². The predicted octanol–water partition coefficient (Wildman–Crippen LogP) is 3.65. The summed E-state index contributed by atoms with van der Waals surface area (Å²) in [6, 6.07) is 0. The van der Waals surface area contributed by atoms with E-state index in [1.54, 1.807) is 0 Å². The summed E-state index contributed by atoms with van der Waals surface area (Å²) in [5, 5.41) is 0. The molecule has 1 nitrogen and oxygen atoms in total. The number of ether oxygens (including phenoxy) is 1. The van der Waals surface area contributed by atoms with Crippen LogP contribution < -0.4 is 0 Å². The van der Waals surface area contributed by atoms with Crippen LogP contribution in [-0.4, -0.2) is 20.6 Å². The quantitative estimate of drug-likeness (QED) is 0.373. The summed E-state index contributed by atoms with van der Waals surface area (Å²) < 4.78 is 67.1. The van der Waals surface area contributed by atoms with Gasteiger partial charge < -0.3 is 4.74 Å². The lowest BCUT2D eigenvalue weighted by molar-refractivity contribution is -0.235. The van der Waals surface area contributed by atoms with Gasteiger partial charge in [-0.1, -0.05) is 0 Å². The normalized spacial score (nSPS) is 18.5. The Balaban J connectivity index is 4.15. The fraction of sp³-hybridized carbons (Fsp3) is 1.00. The first-order valence-electron chi connectivity index (χ1n) is 2.62. The molecule has 9 heteroatoms. The Labute approximate surface area is 96.5 Å². The van der Waals surface area contributed by atoms with E-state index in [0.29, 0.717) is 45.2 Å². The predicted molar refractivity (Wildman–Crippen MR) is 48.8 cm³/mol. The first kappa shape index (κ1) is 14.0. The molecule has 0 N–H and O–H groups in total. The van der Waals surface area contributed by atoms with Gasteiger partial charge in [-0.3, -0.25) is 0 Å². The standard InChI is InChI=1S/C4H2F6I2O/c5-1(3(7,8)11)13-2(6)4(9,10)12/h1-2H. The molecule has 0 aromatic rings. The average molecular weight is 434 g/mol. The van der Waals surface area contributed by atoms with Crippen molar-refractivity contribution < 1.29 is 31.1 Å². The molecule has 0 aliphatic carbocycles. The summed E-state index contributed by atoms with van der Waals surface area (Å²) in [5.74, 6) is 0. The van der Waals surface area contributed by atoms with Crippen molar-refractivity contribution in [3.05, 3.63) is 0 Å². The van der Waals surface area contributed by atoms with Gasteiger partial charge in [-0.15, -0.1) is 0 Å². The number of alkyl halides is 8. The maximum Gasteiger partial charge on any atom is 0.350 e. The number of hydrogen-bond acceptors (Lipinski definition) is 1. The molecular weight excluding hydrogens is 432 g/mol. The summed E-state index contributed by atoms with van der Waals surface area (Å²) >= 11 is 0.634. The van der Waals surface area contributed by atoms with Crippen LogP contribution in [0, 0.1) is 0 Å². The van der Waals surface area contributed by atoms with E-state index in [4.69, 9.17) is 0 Å². The molecule has 0 aliphatic heterocycles. The van der Waals surface area contributed by atoms with E-state index in [9.17, 15) is 26.3 Å². The molecule has 0 aliphatic rings. The number of halogens is 8. The molecule has 0 radical (unpaired) electrons. The fourth-order valence-electron chi connectivity index (χ4n) is 0.259. The first-order chi connectivity index (χ1) is 5.55. The zero-order chi connectivity index (χ0) is 10.9. The molecule has 0 amide bonds. The van der Waals surface area contributed by atoms with Gasteiger partial charge in [0.15, 0.2) is 0 Å². The molecular formula is C4H2F6I2O. The topological polar surface area (TPSA) is 9.23 Å². The highest BCUT2D eigenvalue weighted by Gasteiger charge is 2.46. The smallest absolute Gasteiger partial charge is 0.302 e. The molecule has 0 saturated carbocycles. The minimum absolute atomic E-state index is 0.317. The Kier molecular flexibility index (Phi) is 5.04. The van der Waals surface area contributed by atoms with Gasteiger partial charge in [-0.25, -0.2) is 8.78 Å². The van der Waals surface area contributed by atoms with Crippen LogP contribution in [0.4, 0.5) is 26.3 Å². The van der Waals surface area contributed by atoms with Crippen molar-refractivity contribution in [2.45, 2.75) is 20.6 Å². The van der Waals surface area contributed by atoms with Crippen LogP contribution in [0.25, 0.3) is 0 Å². The Morgan fingerprint density at radius 3 is 1.23 bits per heavy atom. The van der Waals surface area contributed by atoms with Gasteiger partial charge in [0.25, 0.3) is 12.7 Å². The van der Waals surface area contributed by atoms with Gasteiger partial charge in [0.05, 0.1) is 0 Å². The molecule has 0 aromatic heterocycles. The molecule has 13 heavy (non-hydrogen) atoms.